The topological polar surface area (TPSA) is 29.5 Å². The second-order valence-electron chi connectivity index (χ2n) is 6.06. The van der Waals surface area contributed by atoms with Crippen LogP contribution in [-0.4, -0.2) is 42.9 Å². The quantitative estimate of drug-likeness (QED) is 0.636. The van der Waals surface area contributed by atoms with Crippen LogP contribution < -0.4 is 0 Å². The van der Waals surface area contributed by atoms with E-state index in [1.165, 1.54) is 12.8 Å². The number of ether oxygens (including phenoxy) is 1. The highest BCUT2D eigenvalue weighted by Gasteiger charge is 2.43. The van der Waals surface area contributed by atoms with Crippen molar-refractivity contribution in [2.45, 2.75) is 46.0 Å². The predicted molar refractivity (Wildman–Crippen MR) is 82.6 cm³/mol. The highest BCUT2D eigenvalue weighted by molar-refractivity contribution is 9.09. The molecule has 1 fully saturated rings. The Hall–Kier alpha value is -0.0900. The molecule has 0 aromatic carbocycles. The van der Waals surface area contributed by atoms with Crippen LogP contribution in [0.15, 0.2) is 0 Å². The normalized spacial score (nSPS) is 17.9. The minimum absolute atomic E-state index is 0.0932. The van der Waals surface area contributed by atoms with Crippen molar-refractivity contribution in [3.05, 3.63) is 0 Å². The van der Waals surface area contributed by atoms with E-state index in [2.05, 4.69) is 29.8 Å². The third kappa shape index (κ3) is 4.75. The monoisotopic (exact) mass is 333 g/mol. The molecule has 0 N–H and O–H groups in total. The van der Waals surface area contributed by atoms with Gasteiger partial charge in [0.25, 0.3) is 0 Å². The zero-order chi connectivity index (χ0) is 14.3. The first-order valence-corrected chi connectivity index (χ1v) is 8.52. The number of hydrogen-bond acceptors (Lipinski definition) is 2. The van der Waals surface area contributed by atoms with Crippen molar-refractivity contribution < 1.29 is 9.53 Å². The first-order valence-electron chi connectivity index (χ1n) is 7.40. The molecular weight excluding hydrogens is 306 g/mol. The Labute approximate surface area is 126 Å². The van der Waals surface area contributed by atoms with Crippen LogP contribution in [0.4, 0.5) is 0 Å². The number of carbonyl (C=O) groups excluding carboxylic acids is 1. The second-order valence-corrected chi connectivity index (χ2v) is 6.85. The van der Waals surface area contributed by atoms with Gasteiger partial charge in [-0.25, -0.2) is 0 Å². The first kappa shape index (κ1) is 17.0. The zero-order valence-electron chi connectivity index (χ0n) is 12.6. The highest BCUT2D eigenvalue weighted by atomic mass is 79.9. The van der Waals surface area contributed by atoms with Crippen LogP contribution in [-0.2, 0) is 9.53 Å². The Morgan fingerprint density at radius 1 is 1.32 bits per heavy atom. The lowest BCUT2D eigenvalue weighted by atomic mass is 9.77. The SMILES string of the molecule is COCCN(CCBr)C(=O)C1(CC(C)C)CCCC1. The van der Waals surface area contributed by atoms with Crippen molar-refractivity contribution in [3.63, 3.8) is 0 Å². The van der Waals surface area contributed by atoms with Gasteiger partial charge in [-0.05, 0) is 25.2 Å². The fourth-order valence-electron chi connectivity index (χ4n) is 3.29. The van der Waals surface area contributed by atoms with Crippen LogP contribution in [0, 0.1) is 11.3 Å². The Morgan fingerprint density at radius 3 is 2.42 bits per heavy atom. The van der Waals surface area contributed by atoms with E-state index in [1.54, 1.807) is 7.11 Å². The van der Waals surface area contributed by atoms with E-state index < -0.39 is 0 Å². The van der Waals surface area contributed by atoms with Crippen molar-refractivity contribution in [2.75, 3.05) is 32.1 Å². The van der Waals surface area contributed by atoms with E-state index >= 15 is 0 Å². The number of methoxy groups -OCH3 is 1. The molecule has 0 spiro atoms. The third-order valence-corrected chi connectivity index (χ3v) is 4.37. The number of alkyl halides is 1. The molecule has 3 nitrogen and oxygen atoms in total. The predicted octanol–water partition coefficient (Wildman–Crippen LogP) is 3.46. The molecule has 1 rings (SSSR count). The van der Waals surface area contributed by atoms with Gasteiger partial charge in [-0.2, -0.15) is 0 Å². The third-order valence-electron chi connectivity index (χ3n) is 4.02. The molecule has 1 aliphatic rings. The Balaban J connectivity index is 2.77. The molecule has 4 heteroatoms. The molecule has 0 heterocycles. The molecule has 0 aromatic heterocycles. The lowest BCUT2D eigenvalue weighted by Crippen LogP contribution is -2.45. The Morgan fingerprint density at radius 2 is 1.95 bits per heavy atom. The molecule has 0 atom stereocenters. The molecule has 1 saturated carbocycles. The molecule has 0 unspecified atom stereocenters. The first-order chi connectivity index (χ1) is 9.05. The maximum absolute atomic E-state index is 12.9. The van der Waals surface area contributed by atoms with Gasteiger partial charge in [-0.15, -0.1) is 0 Å². The van der Waals surface area contributed by atoms with Crippen LogP contribution >= 0.6 is 15.9 Å². The van der Waals surface area contributed by atoms with Crippen LogP contribution in [0.25, 0.3) is 0 Å². The summed E-state index contributed by atoms with van der Waals surface area (Å²) < 4.78 is 5.14. The summed E-state index contributed by atoms with van der Waals surface area (Å²) in [6.45, 7) is 6.55. The van der Waals surface area contributed by atoms with E-state index in [0.717, 1.165) is 31.1 Å². The molecule has 0 radical (unpaired) electrons. The number of hydrogen-bond donors (Lipinski definition) is 0. The molecule has 1 amide bonds. The van der Waals surface area contributed by atoms with Crippen molar-refractivity contribution in [1.82, 2.24) is 4.90 Å². The van der Waals surface area contributed by atoms with Crippen molar-refractivity contribution >= 4 is 21.8 Å². The molecular formula is C15H28BrNO2. The second kappa shape index (κ2) is 8.25. The van der Waals surface area contributed by atoms with Gasteiger partial charge in [0.05, 0.1) is 6.61 Å². The van der Waals surface area contributed by atoms with Crippen LogP contribution in [0.1, 0.15) is 46.0 Å². The zero-order valence-corrected chi connectivity index (χ0v) is 14.2. The maximum Gasteiger partial charge on any atom is 0.228 e. The summed E-state index contributed by atoms with van der Waals surface area (Å²) in [7, 11) is 1.69. The number of carbonyl (C=O) groups is 1. The minimum atomic E-state index is -0.0932. The van der Waals surface area contributed by atoms with Gasteiger partial charge in [0.1, 0.15) is 0 Å². The summed E-state index contributed by atoms with van der Waals surface area (Å²) in [5.41, 5.74) is -0.0932. The van der Waals surface area contributed by atoms with E-state index in [-0.39, 0.29) is 5.41 Å². The summed E-state index contributed by atoms with van der Waals surface area (Å²) in [5.74, 6) is 0.936. The summed E-state index contributed by atoms with van der Waals surface area (Å²) in [5, 5.41) is 0.834. The average molecular weight is 334 g/mol. The molecule has 0 bridgehead atoms. The number of amides is 1. The fraction of sp³-hybridized carbons (Fsp3) is 0.933. The summed E-state index contributed by atoms with van der Waals surface area (Å²) in [4.78, 5) is 14.9. The number of rotatable bonds is 8. The maximum atomic E-state index is 12.9. The van der Waals surface area contributed by atoms with E-state index in [0.29, 0.717) is 25.0 Å². The number of nitrogens with zero attached hydrogens (tertiary/aromatic N) is 1. The molecule has 19 heavy (non-hydrogen) atoms. The van der Waals surface area contributed by atoms with Gasteiger partial charge in [0.2, 0.25) is 5.91 Å². The van der Waals surface area contributed by atoms with E-state index in [1.807, 2.05) is 4.90 Å². The molecule has 112 valence electrons. The van der Waals surface area contributed by atoms with E-state index in [9.17, 15) is 4.79 Å². The highest BCUT2D eigenvalue weighted by Crippen LogP contribution is 2.44. The fourth-order valence-corrected chi connectivity index (χ4v) is 3.72. The molecule has 0 saturated heterocycles. The Bertz CT molecular complexity index is 275. The Kier molecular flexibility index (Phi) is 7.37. The summed E-state index contributed by atoms with van der Waals surface area (Å²) >= 11 is 3.45. The van der Waals surface area contributed by atoms with Gasteiger partial charge in [0, 0.05) is 30.9 Å². The standard InChI is InChI=1S/C15H28BrNO2/c1-13(2)12-15(6-4-5-7-15)14(18)17(9-8-16)10-11-19-3/h13H,4-12H2,1-3H3. The lowest BCUT2D eigenvalue weighted by molar-refractivity contribution is -0.143. The summed E-state index contributed by atoms with van der Waals surface area (Å²) in [6, 6.07) is 0. The average Bonchev–Trinajstić information content (AvgIpc) is 2.82. The molecule has 0 aromatic rings. The van der Waals surface area contributed by atoms with E-state index in [4.69, 9.17) is 4.74 Å². The van der Waals surface area contributed by atoms with Crippen LogP contribution in [0.5, 0.6) is 0 Å². The largest absolute Gasteiger partial charge is 0.383 e. The summed E-state index contributed by atoms with van der Waals surface area (Å²) in [6.07, 6.45) is 5.55. The number of halogens is 1. The van der Waals surface area contributed by atoms with Gasteiger partial charge in [-0.1, -0.05) is 42.6 Å². The molecule has 1 aliphatic carbocycles. The molecule has 0 aliphatic heterocycles. The smallest absolute Gasteiger partial charge is 0.228 e. The van der Waals surface area contributed by atoms with Gasteiger partial charge < -0.3 is 9.64 Å². The van der Waals surface area contributed by atoms with Gasteiger partial charge in [-0.3, -0.25) is 4.79 Å². The minimum Gasteiger partial charge on any atom is -0.383 e. The lowest BCUT2D eigenvalue weighted by Gasteiger charge is -2.35. The van der Waals surface area contributed by atoms with Crippen molar-refractivity contribution in [2.24, 2.45) is 11.3 Å². The van der Waals surface area contributed by atoms with Gasteiger partial charge in [0.15, 0.2) is 0 Å². The van der Waals surface area contributed by atoms with Crippen LogP contribution in [0.2, 0.25) is 0 Å². The van der Waals surface area contributed by atoms with Crippen molar-refractivity contribution in [1.29, 1.82) is 0 Å². The van der Waals surface area contributed by atoms with Crippen LogP contribution in [0.3, 0.4) is 0 Å². The van der Waals surface area contributed by atoms with Gasteiger partial charge >= 0.3 is 0 Å². The van der Waals surface area contributed by atoms with Crippen molar-refractivity contribution in [3.8, 4) is 0 Å².